The molecule has 0 bridgehead atoms. The van der Waals surface area contributed by atoms with Crippen LogP contribution in [0, 0.1) is 27.7 Å². The second-order valence-electron chi connectivity index (χ2n) is 13.2. The van der Waals surface area contributed by atoms with Crippen molar-refractivity contribution < 1.29 is 151 Å². The maximum atomic E-state index is 10.1. The molecule has 0 unspecified atom stereocenters. The summed E-state index contributed by atoms with van der Waals surface area (Å²) in [4.78, 5) is 19.0. The second kappa shape index (κ2) is 38.4. The molecule has 0 aliphatic rings. The van der Waals surface area contributed by atoms with Crippen LogP contribution in [0.15, 0.2) is 201 Å². The summed E-state index contributed by atoms with van der Waals surface area (Å²) in [5, 5.41) is 18.5. The first-order valence-electron chi connectivity index (χ1n) is 19.6. The molecular weight excluding hydrogens is 982 g/mol. The molecule has 10 nitrogen and oxygen atoms in total. The molecule has 350 valence electrons. The Morgan fingerprint density at radius 1 is 0.612 bits per heavy atom. The summed E-state index contributed by atoms with van der Waals surface area (Å²) < 4.78 is 42.9. The summed E-state index contributed by atoms with van der Waals surface area (Å²) in [5.41, 5.74) is 4.15. The predicted molar refractivity (Wildman–Crippen MR) is 263 cm³/mol. The minimum atomic E-state index is -3.92. The van der Waals surface area contributed by atoms with E-state index < -0.39 is 10.1 Å². The van der Waals surface area contributed by atoms with Gasteiger partial charge in [0.25, 0.3) is 6.47 Å². The number of phenolic OH excluding ortho intramolecular Hbond substituents is 1. The van der Waals surface area contributed by atoms with Crippen LogP contribution in [-0.4, -0.2) is 56.5 Å². The van der Waals surface area contributed by atoms with Crippen molar-refractivity contribution in [2.24, 2.45) is 0 Å². The number of ether oxygens (including phenoxy) is 3. The fraction of sp³-hybridized carbons (Fsp3) is 0.196. The van der Waals surface area contributed by atoms with Crippen molar-refractivity contribution in [1.82, 2.24) is 0 Å². The van der Waals surface area contributed by atoms with Crippen molar-refractivity contribution in [2.45, 2.75) is 64.5 Å². The first-order valence-corrected chi connectivity index (χ1v) is 24.4. The second-order valence-corrected chi connectivity index (χ2v) is 19.0. The van der Waals surface area contributed by atoms with E-state index in [-0.39, 0.29) is 140 Å². The summed E-state index contributed by atoms with van der Waals surface area (Å²) in [5.74, 6) is 1.87. The number of rotatable bonds is 15. The third-order valence-corrected chi connectivity index (χ3v) is 12.7. The van der Waals surface area contributed by atoms with E-state index in [2.05, 4.69) is 170 Å². The molecule has 67 heavy (non-hydrogen) atoms. The maximum absolute atomic E-state index is 10.1. The van der Waals surface area contributed by atoms with Crippen LogP contribution >= 0.6 is 11.6 Å². The number of hydrogen-bond acceptors (Lipinski definition) is 10. The van der Waals surface area contributed by atoms with E-state index in [1.54, 1.807) is 0 Å². The molecule has 0 aromatic heterocycles. The van der Waals surface area contributed by atoms with Gasteiger partial charge in [-0.25, -0.2) is 8.42 Å². The molecule has 0 aliphatic heterocycles. The van der Waals surface area contributed by atoms with E-state index >= 15 is 0 Å². The Morgan fingerprint density at radius 2 is 0.896 bits per heavy atom. The van der Waals surface area contributed by atoms with Crippen LogP contribution in [0.1, 0.15) is 31.1 Å². The molecule has 0 amide bonds. The standard InChI is InChI=1S/C24H25O2S.C20H18OS.C4H7ClO.CH4O3S.CH2O3.CH4.2K.H/c1-4-25-15-16-26-24-19(2)17-23(18-20(24)3)27(21-11-7-5-8-12-21)22-13-9-6-10-14-22;1-15-13-19(14-16(2)20(15)21)22(17-9-5-3-6-10-17)18-11-7-4-8-12-18;1-2-6-4-3-5;1-5(2,3)4;2-1-4-3;;;;/h4-14,17-18H,1,15-16H2,2-3H3;3-14H,1-2H3;2H,1,3-4H2;1H3,(H,2,3,4);1,3H;1H4;;;/q+1;;;;;;2*+1;-1/p-1. The van der Waals surface area contributed by atoms with Crippen molar-refractivity contribution >= 4 is 50.0 Å². The zero-order valence-electron chi connectivity index (χ0n) is 39.6. The van der Waals surface area contributed by atoms with Gasteiger partial charge in [0.1, 0.15) is 31.3 Å². The van der Waals surface area contributed by atoms with Crippen LogP contribution in [-0.2, 0) is 51.1 Å². The number of aromatic hydroxyl groups is 1. The smallest absolute Gasteiger partial charge is 1.00 e. The third-order valence-electron chi connectivity index (χ3n) is 8.20. The topological polar surface area (TPSA) is 154 Å². The number of alkyl halides is 1. The number of benzene rings is 6. The van der Waals surface area contributed by atoms with E-state index in [1.807, 2.05) is 26.0 Å². The number of hydrogen-bond donors (Lipinski definition) is 1. The fourth-order valence-corrected chi connectivity index (χ4v) is 10.4. The van der Waals surface area contributed by atoms with Crippen LogP contribution in [0.2, 0.25) is 0 Å². The average Bonchev–Trinajstić information content (AvgIpc) is 3.28. The summed E-state index contributed by atoms with van der Waals surface area (Å²) in [7, 11) is -4.22. The zero-order valence-corrected chi connectivity index (χ0v) is 48.0. The molecular formula is C51H60ClK2O10S3+. The summed E-state index contributed by atoms with van der Waals surface area (Å²) in [6.45, 7) is 16.4. The van der Waals surface area contributed by atoms with E-state index in [1.165, 1.54) is 41.9 Å². The van der Waals surface area contributed by atoms with E-state index in [9.17, 15) is 5.11 Å². The minimum absolute atomic E-state index is 0. The van der Waals surface area contributed by atoms with Gasteiger partial charge in [-0.05, 0) is 98.5 Å². The Kier molecular flexibility index (Phi) is 38.2. The summed E-state index contributed by atoms with van der Waals surface area (Å²) >= 11 is 5.21. The number of halogens is 1. The first-order chi connectivity index (χ1) is 30.7. The average molecular weight is 1040 g/mol. The van der Waals surface area contributed by atoms with Crippen LogP contribution in [0.3, 0.4) is 0 Å². The maximum Gasteiger partial charge on any atom is 1.00 e. The molecule has 0 aliphatic carbocycles. The predicted octanol–water partition coefficient (Wildman–Crippen LogP) is 4.78. The molecule has 6 aromatic carbocycles. The number of carbonyl (C=O) groups is 1. The summed E-state index contributed by atoms with van der Waals surface area (Å²) in [6.07, 6.45) is 3.42. The van der Waals surface area contributed by atoms with Gasteiger partial charge in [-0.15, -0.1) is 11.6 Å². The van der Waals surface area contributed by atoms with Gasteiger partial charge in [0.15, 0.2) is 29.4 Å². The zero-order chi connectivity index (χ0) is 47.3. The molecule has 6 rings (SSSR count). The third kappa shape index (κ3) is 26.4. The van der Waals surface area contributed by atoms with E-state index in [0.717, 1.165) is 28.0 Å². The van der Waals surface area contributed by atoms with Crippen LogP contribution < -0.4 is 113 Å². The summed E-state index contributed by atoms with van der Waals surface area (Å²) in [6, 6.07) is 51.2. The van der Waals surface area contributed by atoms with Crippen molar-refractivity contribution in [3.8, 4) is 11.5 Å². The molecule has 0 saturated carbocycles. The molecule has 0 atom stereocenters. The Labute approximate surface area is 495 Å². The monoisotopic (exact) mass is 1040 g/mol. The molecule has 1 N–H and O–H groups in total. The normalized spacial score (nSPS) is 9.70. The fourth-order valence-electron chi connectivity index (χ4n) is 5.74. The molecule has 6 aromatic rings. The van der Waals surface area contributed by atoms with Crippen LogP contribution in [0.5, 0.6) is 11.5 Å². The van der Waals surface area contributed by atoms with Gasteiger partial charge in [0, 0.05) is 30.5 Å². The van der Waals surface area contributed by atoms with Crippen molar-refractivity contribution in [2.75, 3.05) is 32.0 Å². The van der Waals surface area contributed by atoms with Crippen molar-refractivity contribution in [3.63, 3.8) is 0 Å². The number of phenols is 1. The van der Waals surface area contributed by atoms with Gasteiger partial charge in [-0.3, -0.25) is 4.79 Å². The Balaban J connectivity index is -0.000000923. The van der Waals surface area contributed by atoms with Crippen LogP contribution in [0.4, 0.5) is 0 Å². The molecule has 0 spiro atoms. The SMILES string of the molecule is C.C=COCCCl.C=COCCOc1c(C)cc([S+](c2ccccc2)c2ccccc2)cc1C.CS(=O)(=O)[O-].Cc1cc([S+](c2ccccc2)c2ccccc2)cc(C)c1O.O=CO[O-].[H-].[K+].[K+]. The molecule has 0 fully saturated rings. The van der Waals surface area contributed by atoms with Gasteiger partial charge < -0.3 is 35.4 Å². The van der Waals surface area contributed by atoms with E-state index in [0.29, 0.717) is 37.7 Å². The van der Waals surface area contributed by atoms with Crippen molar-refractivity contribution in [1.29, 1.82) is 0 Å². The van der Waals surface area contributed by atoms with Gasteiger partial charge in [0.2, 0.25) is 0 Å². The Morgan fingerprint density at radius 3 is 1.15 bits per heavy atom. The van der Waals surface area contributed by atoms with Gasteiger partial charge in [-0.1, -0.05) is 93.4 Å². The van der Waals surface area contributed by atoms with E-state index in [4.69, 9.17) is 44.1 Å². The van der Waals surface area contributed by atoms with Crippen LogP contribution in [0.25, 0.3) is 0 Å². The minimum Gasteiger partial charge on any atom is -1.00 e. The molecule has 16 heteroatoms. The molecule has 0 heterocycles. The number of carbonyl (C=O) groups excluding carboxylic acids is 1. The Hall–Kier alpha value is -2.40. The van der Waals surface area contributed by atoms with Gasteiger partial charge in [0.05, 0.1) is 50.3 Å². The Bertz CT molecular complexity index is 2260. The molecule has 0 saturated heterocycles. The molecule has 0 radical (unpaired) electrons. The van der Waals surface area contributed by atoms with Crippen molar-refractivity contribution in [3.05, 3.63) is 194 Å². The van der Waals surface area contributed by atoms with Gasteiger partial charge >= 0.3 is 103 Å². The quantitative estimate of drug-likeness (QED) is 0.0175. The largest absolute Gasteiger partial charge is 1.00 e. The first kappa shape index (κ1) is 66.7. The van der Waals surface area contributed by atoms with Gasteiger partial charge in [-0.2, -0.15) is 0 Å². The number of aryl methyl sites for hydroxylation is 4.